The molecule has 19 heavy (non-hydrogen) atoms. The van der Waals surface area contributed by atoms with Crippen molar-refractivity contribution < 1.29 is 9.90 Å². The van der Waals surface area contributed by atoms with Gasteiger partial charge < -0.3 is 15.7 Å². The van der Waals surface area contributed by atoms with Crippen LogP contribution < -0.4 is 10.6 Å². The van der Waals surface area contributed by atoms with E-state index >= 15 is 0 Å². The summed E-state index contributed by atoms with van der Waals surface area (Å²) in [6.07, 6.45) is 0.402. The van der Waals surface area contributed by atoms with Gasteiger partial charge in [-0.15, -0.1) is 0 Å². The fourth-order valence-electron chi connectivity index (χ4n) is 1.88. The number of anilines is 2. The number of aromatic carboxylic acids is 1. The van der Waals surface area contributed by atoms with Crippen LogP contribution in [0, 0.1) is 17.2 Å². The third kappa shape index (κ3) is 4.18. The largest absolute Gasteiger partial charge is 0.478 e. The number of carbonyl (C=O) groups is 1. The van der Waals surface area contributed by atoms with Crippen molar-refractivity contribution in [2.75, 3.05) is 23.7 Å². The lowest BCUT2D eigenvalue weighted by Crippen LogP contribution is -2.28. The Morgan fingerprint density at radius 2 is 2.21 bits per heavy atom. The number of nitrogens with two attached hydrogens (primary N) is 1. The highest BCUT2D eigenvalue weighted by molar-refractivity contribution is 5.94. The van der Waals surface area contributed by atoms with E-state index in [2.05, 4.69) is 19.9 Å². The minimum Gasteiger partial charge on any atom is -0.478 e. The van der Waals surface area contributed by atoms with Gasteiger partial charge >= 0.3 is 5.97 Å². The summed E-state index contributed by atoms with van der Waals surface area (Å²) in [6.45, 7) is 5.51. The van der Waals surface area contributed by atoms with E-state index in [-0.39, 0.29) is 11.3 Å². The molecule has 1 rings (SSSR count). The van der Waals surface area contributed by atoms with Crippen LogP contribution in [0.25, 0.3) is 0 Å². The molecule has 5 nitrogen and oxygen atoms in total. The van der Waals surface area contributed by atoms with Crippen LogP contribution in [0.1, 0.15) is 30.6 Å². The van der Waals surface area contributed by atoms with Crippen LogP contribution in [-0.2, 0) is 0 Å². The smallest absolute Gasteiger partial charge is 0.337 e. The molecule has 0 unspecified atom stereocenters. The molecule has 0 fully saturated rings. The number of benzene rings is 1. The van der Waals surface area contributed by atoms with Crippen molar-refractivity contribution >= 4 is 17.3 Å². The number of hydrogen-bond acceptors (Lipinski definition) is 4. The fraction of sp³-hybridized carbons (Fsp3) is 0.429. The highest BCUT2D eigenvalue weighted by Gasteiger charge is 2.13. The average molecular weight is 261 g/mol. The summed E-state index contributed by atoms with van der Waals surface area (Å²) < 4.78 is 0. The van der Waals surface area contributed by atoms with E-state index in [4.69, 9.17) is 16.1 Å². The van der Waals surface area contributed by atoms with Gasteiger partial charge in [0.2, 0.25) is 0 Å². The van der Waals surface area contributed by atoms with Gasteiger partial charge in [0.1, 0.15) is 0 Å². The van der Waals surface area contributed by atoms with Gasteiger partial charge in [-0.1, -0.05) is 13.8 Å². The first-order valence-electron chi connectivity index (χ1n) is 6.20. The van der Waals surface area contributed by atoms with Crippen molar-refractivity contribution in [3.8, 4) is 6.07 Å². The molecule has 0 amide bonds. The predicted octanol–water partition coefficient (Wildman–Crippen LogP) is 2.34. The van der Waals surface area contributed by atoms with Gasteiger partial charge in [-0.3, -0.25) is 0 Å². The second-order valence-electron chi connectivity index (χ2n) is 4.82. The second-order valence-corrected chi connectivity index (χ2v) is 4.82. The lowest BCUT2D eigenvalue weighted by molar-refractivity contribution is 0.0698. The Kier molecular flexibility index (Phi) is 5.19. The predicted molar refractivity (Wildman–Crippen MR) is 75.1 cm³/mol. The molecule has 0 aliphatic rings. The first-order chi connectivity index (χ1) is 8.95. The maximum absolute atomic E-state index is 11.1. The number of nitrogen functional groups attached to an aromatic ring is 1. The van der Waals surface area contributed by atoms with Gasteiger partial charge in [0.15, 0.2) is 0 Å². The van der Waals surface area contributed by atoms with E-state index in [1.165, 1.54) is 0 Å². The van der Waals surface area contributed by atoms with Crippen molar-refractivity contribution in [1.82, 2.24) is 0 Å². The number of hydrogen-bond donors (Lipinski definition) is 2. The number of nitrogens with zero attached hydrogens (tertiary/aromatic N) is 2. The molecule has 0 saturated heterocycles. The Bertz CT molecular complexity index is 492. The van der Waals surface area contributed by atoms with E-state index in [1.807, 2.05) is 4.90 Å². The zero-order chi connectivity index (χ0) is 14.4. The summed E-state index contributed by atoms with van der Waals surface area (Å²) in [7, 11) is 0. The number of rotatable bonds is 6. The van der Waals surface area contributed by atoms with E-state index < -0.39 is 5.97 Å². The molecule has 0 atom stereocenters. The third-order valence-corrected chi connectivity index (χ3v) is 2.71. The summed E-state index contributed by atoms with van der Waals surface area (Å²) in [5.74, 6) is -0.617. The lowest BCUT2D eigenvalue weighted by atomic mass is 10.1. The second kappa shape index (κ2) is 6.64. The zero-order valence-electron chi connectivity index (χ0n) is 11.3. The van der Waals surface area contributed by atoms with Crippen LogP contribution in [0.3, 0.4) is 0 Å². The average Bonchev–Trinajstić information content (AvgIpc) is 2.34. The maximum atomic E-state index is 11.1. The van der Waals surface area contributed by atoms with Gasteiger partial charge in [-0.05, 0) is 24.1 Å². The normalized spacial score (nSPS) is 10.2. The number of nitriles is 1. The molecule has 0 bridgehead atoms. The fourth-order valence-corrected chi connectivity index (χ4v) is 1.88. The van der Waals surface area contributed by atoms with Gasteiger partial charge in [0.05, 0.1) is 18.1 Å². The lowest BCUT2D eigenvalue weighted by Gasteiger charge is -2.26. The molecule has 0 heterocycles. The van der Waals surface area contributed by atoms with E-state index in [1.54, 1.807) is 18.2 Å². The SMILES string of the molecule is CC(C)CN(CCC#N)c1ccc(N)c(C(=O)O)c1. The topological polar surface area (TPSA) is 90.4 Å². The van der Waals surface area contributed by atoms with Crippen LogP contribution in [-0.4, -0.2) is 24.2 Å². The van der Waals surface area contributed by atoms with Crippen LogP contribution in [0.15, 0.2) is 18.2 Å². The molecule has 102 valence electrons. The van der Waals surface area contributed by atoms with E-state index in [0.29, 0.717) is 18.9 Å². The van der Waals surface area contributed by atoms with E-state index in [0.717, 1.165) is 12.2 Å². The minimum absolute atomic E-state index is 0.100. The van der Waals surface area contributed by atoms with Gasteiger partial charge in [0.25, 0.3) is 0 Å². The van der Waals surface area contributed by atoms with Crippen molar-refractivity contribution in [3.05, 3.63) is 23.8 Å². The minimum atomic E-state index is -1.04. The summed E-state index contributed by atoms with van der Waals surface area (Å²) in [4.78, 5) is 13.1. The number of carboxylic acid groups (broad SMARTS) is 1. The van der Waals surface area contributed by atoms with Crippen LogP contribution in [0.2, 0.25) is 0 Å². The quantitative estimate of drug-likeness (QED) is 0.767. The van der Waals surface area contributed by atoms with Crippen LogP contribution in [0.5, 0.6) is 0 Å². The van der Waals surface area contributed by atoms with Crippen molar-refractivity contribution in [3.63, 3.8) is 0 Å². The summed E-state index contributed by atoms with van der Waals surface area (Å²) in [5.41, 5.74) is 6.78. The van der Waals surface area contributed by atoms with Crippen LogP contribution in [0.4, 0.5) is 11.4 Å². The maximum Gasteiger partial charge on any atom is 0.337 e. The molecule has 5 heteroatoms. The molecular weight excluding hydrogens is 242 g/mol. The van der Waals surface area contributed by atoms with E-state index in [9.17, 15) is 4.79 Å². The molecule has 0 radical (unpaired) electrons. The van der Waals surface area contributed by atoms with Gasteiger partial charge in [-0.25, -0.2) is 4.79 Å². The Morgan fingerprint density at radius 1 is 1.53 bits per heavy atom. The standard InChI is InChI=1S/C14H19N3O2/c1-10(2)9-17(7-3-6-15)11-4-5-13(16)12(8-11)14(18)19/h4-5,8,10H,3,7,9,16H2,1-2H3,(H,18,19). The number of carboxylic acids is 1. The Balaban J connectivity index is 3.04. The molecule has 0 aliphatic heterocycles. The highest BCUT2D eigenvalue weighted by Crippen LogP contribution is 2.22. The molecular formula is C14H19N3O2. The third-order valence-electron chi connectivity index (χ3n) is 2.71. The first kappa shape index (κ1) is 14.8. The van der Waals surface area contributed by atoms with Crippen molar-refractivity contribution in [2.24, 2.45) is 5.92 Å². The van der Waals surface area contributed by atoms with Crippen molar-refractivity contribution in [2.45, 2.75) is 20.3 Å². The zero-order valence-corrected chi connectivity index (χ0v) is 11.3. The van der Waals surface area contributed by atoms with Crippen LogP contribution >= 0.6 is 0 Å². The van der Waals surface area contributed by atoms with Crippen molar-refractivity contribution in [1.29, 1.82) is 5.26 Å². The Labute approximate surface area is 113 Å². The molecule has 1 aromatic carbocycles. The van der Waals surface area contributed by atoms with Gasteiger partial charge in [0, 0.05) is 24.5 Å². The molecule has 3 N–H and O–H groups in total. The monoisotopic (exact) mass is 261 g/mol. The summed E-state index contributed by atoms with van der Waals surface area (Å²) in [6, 6.07) is 7.06. The molecule has 0 aliphatic carbocycles. The molecule has 0 aromatic heterocycles. The first-order valence-corrected chi connectivity index (χ1v) is 6.20. The highest BCUT2D eigenvalue weighted by atomic mass is 16.4. The Hall–Kier alpha value is -2.22. The van der Waals surface area contributed by atoms with Gasteiger partial charge in [-0.2, -0.15) is 5.26 Å². The Morgan fingerprint density at radius 3 is 2.74 bits per heavy atom. The summed E-state index contributed by atoms with van der Waals surface area (Å²) in [5, 5.41) is 17.8. The summed E-state index contributed by atoms with van der Waals surface area (Å²) >= 11 is 0. The molecule has 0 saturated carbocycles. The molecule has 0 spiro atoms. The molecule has 1 aromatic rings.